The van der Waals surface area contributed by atoms with Gasteiger partial charge in [-0.1, -0.05) is 36.7 Å². The summed E-state index contributed by atoms with van der Waals surface area (Å²) in [5, 5.41) is 23.7. The van der Waals surface area contributed by atoms with Crippen molar-refractivity contribution in [2.24, 2.45) is 5.16 Å². The summed E-state index contributed by atoms with van der Waals surface area (Å²) < 4.78 is 0. The van der Waals surface area contributed by atoms with Gasteiger partial charge in [-0.25, -0.2) is 0 Å². The van der Waals surface area contributed by atoms with Crippen molar-refractivity contribution in [3.63, 3.8) is 0 Å². The van der Waals surface area contributed by atoms with Gasteiger partial charge in [-0.05, 0) is 47.9 Å². The number of oxime groups is 1. The number of aryl methyl sites for hydroxylation is 1. The lowest BCUT2D eigenvalue weighted by molar-refractivity contribution is -0.136. The van der Waals surface area contributed by atoms with Gasteiger partial charge in [0.1, 0.15) is 0 Å². The first-order valence-corrected chi connectivity index (χ1v) is 8.96. The monoisotopic (exact) mass is 358 g/mol. The summed E-state index contributed by atoms with van der Waals surface area (Å²) in [6, 6.07) is 11.7. The first kappa shape index (κ1) is 18.7. The third kappa shape index (κ3) is 5.46. The van der Waals surface area contributed by atoms with Crippen LogP contribution in [0.4, 0.5) is 0 Å². The quantitative estimate of drug-likeness (QED) is 0.347. The van der Waals surface area contributed by atoms with E-state index in [1.807, 2.05) is 37.3 Å². The second kappa shape index (κ2) is 9.03. The highest BCUT2D eigenvalue weighted by Gasteiger charge is 2.05. The molecule has 0 bridgehead atoms. The lowest BCUT2D eigenvalue weighted by atomic mass is 10.2. The Labute approximate surface area is 150 Å². The Hall–Kier alpha value is -2.60. The van der Waals surface area contributed by atoms with Crippen LogP contribution in [-0.4, -0.2) is 27.0 Å². The van der Waals surface area contributed by atoms with Crippen molar-refractivity contribution in [3.8, 4) is 0 Å². The van der Waals surface area contributed by atoms with Crippen molar-refractivity contribution in [1.82, 2.24) is 4.98 Å². The van der Waals surface area contributed by atoms with E-state index in [0.717, 1.165) is 40.0 Å². The minimum atomic E-state index is -0.813. The van der Waals surface area contributed by atoms with E-state index in [0.29, 0.717) is 0 Å². The van der Waals surface area contributed by atoms with Gasteiger partial charge in [0.05, 0.1) is 17.0 Å². The molecule has 0 unspecified atom stereocenters. The van der Waals surface area contributed by atoms with Crippen LogP contribution in [-0.2, 0) is 11.2 Å². The fourth-order valence-electron chi connectivity index (χ4n) is 2.43. The first-order valence-electron chi connectivity index (χ1n) is 8.08. The number of thiophene rings is 1. The second-order valence-corrected chi connectivity index (χ2v) is 6.65. The molecule has 0 radical (unpaired) electrons. The number of rotatable bonds is 5. The zero-order valence-corrected chi connectivity index (χ0v) is 15.1. The largest absolute Gasteiger partial charge is 0.481 e. The van der Waals surface area contributed by atoms with E-state index in [2.05, 4.69) is 28.5 Å². The van der Waals surface area contributed by atoms with Gasteiger partial charge < -0.3 is 15.3 Å². The highest BCUT2D eigenvalue weighted by Crippen LogP contribution is 2.17. The number of hydrogen-bond donors (Lipinski definition) is 3. The molecule has 132 valence electrons. The number of nitrogens with zero attached hydrogens (tertiary/aromatic N) is 1. The summed E-state index contributed by atoms with van der Waals surface area (Å²) >= 11 is 1.63. The zero-order chi connectivity index (χ0) is 18.2. The molecule has 6 heteroatoms. The van der Waals surface area contributed by atoms with Gasteiger partial charge in [-0.15, -0.1) is 11.3 Å². The molecule has 2 heterocycles. The predicted molar refractivity (Wildman–Crippen MR) is 102 cm³/mol. The molecular weight excluding hydrogens is 336 g/mol. The Morgan fingerprint density at radius 2 is 2.04 bits per heavy atom. The number of aromatic nitrogens is 1. The van der Waals surface area contributed by atoms with Crippen LogP contribution in [0.2, 0.25) is 0 Å². The molecule has 0 saturated heterocycles. The number of benzene rings is 1. The maximum absolute atomic E-state index is 10.4. The predicted octanol–water partition coefficient (Wildman–Crippen LogP) is 4.83. The average Bonchev–Trinajstić information content (AvgIpc) is 3.18. The number of carboxylic acids is 1. The molecule has 0 aliphatic carbocycles. The van der Waals surface area contributed by atoms with E-state index in [4.69, 9.17) is 10.3 Å². The number of carboxylic acid groups (broad SMARTS) is 1. The van der Waals surface area contributed by atoms with Crippen LogP contribution in [0.5, 0.6) is 0 Å². The minimum absolute atomic E-state index is 0.0503. The molecular formula is C19H22N2O3S. The Balaban J connectivity index is 0.000000181. The molecule has 0 aliphatic rings. The normalized spacial score (nSPS) is 11.2. The highest BCUT2D eigenvalue weighted by atomic mass is 32.1. The third-order valence-corrected chi connectivity index (χ3v) is 4.65. The molecule has 2 aromatic heterocycles. The number of para-hydroxylation sites is 1. The van der Waals surface area contributed by atoms with Crippen LogP contribution in [0.1, 0.15) is 35.9 Å². The molecule has 0 fully saturated rings. The number of aromatic amines is 1. The van der Waals surface area contributed by atoms with E-state index < -0.39 is 5.97 Å². The molecule has 5 nitrogen and oxygen atoms in total. The van der Waals surface area contributed by atoms with Crippen LogP contribution >= 0.6 is 11.3 Å². The Morgan fingerprint density at radius 1 is 1.28 bits per heavy atom. The fourth-order valence-corrected chi connectivity index (χ4v) is 3.35. The van der Waals surface area contributed by atoms with E-state index >= 15 is 0 Å². The number of nitrogens with one attached hydrogen (secondary N) is 1. The molecule has 3 aromatic rings. The number of carbonyl (C=O) groups is 1. The van der Waals surface area contributed by atoms with Crippen molar-refractivity contribution in [2.45, 2.75) is 33.1 Å². The van der Waals surface area contributed by atoms with Gasteiger partial charge in [0, 0.05) is 11.2 Å². The van der Waals surface area contributed by atoms with Gasteiger partial charge in [-0.3, -0.25) is 4.79 Å². The van der Waals surface area contributed by atoms with E-state index in [-0.39, 0.29) is 6.42 Å². The van der Waals surface area contributed by atoms with Crippen LogP contribution in [0, 0.1) is 6.92 Å². The molecule has 0 spiro atoms. The van der Waals surface area contributed by atoms with Crippen molar-refractivity contribution in [3.05, 3.63) is 57.9 Å². The molecule has 0 amide bonds. The number of hydrogen-bond acceptors (Lipinski definition) is 4. The smallest absolute Gasteiger partial charge is 0.309 e. The van der Waals surface area contributed by atoms with E-state index in [1.54, 1.807) is 11.3 Å². The number of fused-ring (bicyclic) bond motifs is 1. The summed E-state index contributed by atoms with van der Waals surface area (Å²) in [4.78, 5) is 14.6. The van der Waals surface area contributed by atoms with Crippen LogP contribution < -0.4 is 0 Å². The maximum Gasteiger partial charge on any atom is 0.309 e. The zero-order valence-electron chi connectivity index (χ0n) is 14.3. The highest BCUT2D eigenvalue weighted by molar-refractivity contribution is 7.12. The van der Waals surface area contributed by atoms with Crippen LogP contribution in [0.3, 0.4) is 0 Å². The summed E-state index contributed by atoms with van der Waals surface area (Å²) in [5.74, 6) is -0.813. The van der Waals surface area contributed by atoms with Gasteiger partial charge in [-0.2, -0.15) is 0 Å². The van der Waals surface area contributed by atoms with E-state index in [9.17, 15) is 4.79 Å². The standard InChI is InChI=1S/C10H9NO2.C9H13NOS/c12-10(13)6-8-5-7-3-1-2-4-9(7)11-8;1-3-4-8(10-11)9-5-7(2)6-12-9/h1-5,11H,6H2,(H,12,13);5-6,11H,3-4H2,1-2H3. The Kier molecular flexibility index (Phi) is 6.77. The molecule has 25 heavy (non-hydrogen) atoms. The molecule has 0 aliphatic heterocycles. The van der Waals surface area contributed by atoms with Crippen LogP contribution in [0.25, 0.3) is 10.9 Å². The molecule has 3 rings (SSSR count). The summed E-state index contributed by atoms with van der Waals surface area (Å²) in [5.41, 5.74) is 3.76. The summed E-state index contributed by atoms with van der Waals surface area (Å²) in [6.07, 6.45) is 1.90. The SMILES string of the molecule is CCCC(=NO)c1cc(C)cs1.O=C(O)Cc1cc2ccccc2[nH]1. The molecule has 3 N–H and O–H groups in total. The lowest BCUT2D eigenvalue weighted by Gasteiger charge is -1.96. The summed E-state index contributed by atoms with van der Waals surface area (Å²) in [6.45, 7) is 4.12. The third-order valence-electron chi connectivity index (χ3n) is 3.55. The average molecular weight is 358 g/mol. The minimum Gasteiger partial charge on any atom is -0.481 e. The Morgan fingerprint density at radius 3 is 2.60 bits per heavy atom. The molecule has 0 atom stereocenters. The fraction of sp³-hybridized carbons (Fsp3) is 0.263. The van der Waals surface area contributed by atoms with Crippen LogP contribution in [0.15, 0.2) is 46.9 Å². The van der Waals surface area contributed by atoms with Crippen molar-refractivity contribution >= 4 is 33.9 Å². The summed E-state index contributed by atoms with van der Waals surface area (Å²) in [7, 11) is 0. The van der Waals surface area contributed by atoms with Gasteiger partial charge >= 0.3 is 5.97 Å². The first-order chi connectivity index (χ1) is 12.0. The number of aliphatic carboxylic acids is 1. The number of H-pyrrole nitrogens is 1. The van der Waals surface area contributed by atoms with Gasteiger partial charge in [0.2, 0.25) is 0 Å². The Bertz CT molecular complexity index is 831. The van der Waals surface area contributed by atoms with Crippen molar-refractivity contribution in [2.75, 3.05) is 0 Å². The second-order valence-electron chi connectivity index (χ2n) is 5.74. The topological polar surface area (TPSA) is 85.7 Å². The van der Waals surface area contributed by atoms with Gasteiger partial charge in [0.25, 0.3) is 0 Å². The lowest BCUT2D eigenvalue weighted by Crippen LogP contribution is -1.99. The van der Waals surface area contributed by atoms with E-state index in [1.165, 1.54) is 5.56 Å². The molecule has 0 saturated carbocycles. The van der Waals surface area contributed by atoms with Gasteiger partial charge in [0.15, 0.2) is 0 Å². The molecule has 1 aromatic carbocycles. The van der Waals surface area contributed by atoms with Crippen molar-refractivity contribution < 1.29 is 15.1 Å². The van der Waals surface area contributed by atoms with Crippen molar-refractivity contribution in [1.29, 1.82) is 0 Å². The maximum atomic E-state index is 10.4.